The lowest BCUT2D eigenvalue weighted by atomic mass is 9.93. The van der Waals surface area contributed by atoms with Crippen LogP contribution in [0.25, 0.3) is 6.08 Å². The summed E-state index contributed by atoms with van der Waals surface area (Å²) in [5.41, 5.74) is 7.59. The normalized spacial score (nSPS) is 17.2. The topological polar surface area (TPSA) is 67.2 Å². The van der Waals surface area contributed by atoms with Crippen LogP contribution < -0.4 is 5.32 Å². The van der Waals surface area contributed by atoms with Gasteiger partial charge in [-0.05, 0) is 78.4 Å². The molecule has 2 aromatic carbocycles. The summed E-state index contributed by atoms with van der Waals surface area (Å²) in [4.78, 5) is 28.3. The van der Waals surface area contributed by atoms with Gasteiger partial charge < -0.3 is 5.32 Å². The van der Waals surface area contributed by atoms with E-state index >= 15 is 0 Å². The number of nitrogens with one attached hydrogen (secondary N) is 1. The van der Waals surface area contributed by atoms with E-state index in [1.165, 1.54) is 42.6 Å². The van der Waals surface area contributed by atoms with Crippen molar-refractivity contribution in [2.75, 3.05) is 13.1 Å². The Kier molecular flexibility index (Phi) is 6.83. The van der Waals surface area contributed by atoms with Gasteiger partial charge in [-0.3, -0.25) is 19.2 Å². The summed E-state index contributed by atoms with van der Waals surface area (Å²) in [5.74, 6) is -0.172. The standard InChI is InChI=1S/C31H29ClN4O2/c32-27-7-4-21(5-8-27)19-36-20-26(17-33-36)31(38)34-28-9-10-30(37)29(16-28)25-14-23-6-3-22(13-24(23)15-25)18-35-11-1-2-12-35/h3-9,13,15-17,20H,1-2,10-12,14,18-19H2,(H,34,38). The highest BCUT2D eigenvalue weighted by Crippen LogP contribution is 2.33. The first-order valence-corrected chi connectivity index (χ1v) is 13.5. The second-order valence-corrected chi connectivity index (χ2v) is 10.7. The quantitative estimate of drug-likeness (QED) is 0.453. The number of likely N-dealkylation sites (tertiary alicyclic amines) is 1. The number of hydrogen-bond acceptors (Lipinski definition) is 4. The summed E-state index contributed by atoms with van der Waals surface area (Å²) in [5, 5.41) is 7.96. The highest BCUT2D eigenvalue weighted by Gasteiger charge is 2.24. The molecule has 1 aromatic heterocycles. The Labute approximate surface area is 227 Å². The van der Waals surface area contributed by atoms with Crippen molar-refractivity contribution in [2.24, 2.45) is 0 Å². The lowest BCUT2D eigenvalue weighted by molar-refractivity contribution is -0.114. The van der Waals surface area contributed by atoms with Gasteiger partial charge in [0.05, 0.1) is 18.3 Å². The Balaban J connectivity index is 1.13. The van der Waals surface area contributed by atoms with Gasteiger partial charge in [0.15, 0.2) is 5.78 Å². The summed E-state index contributed by atoms with van der Waals surface area (Å²) in [7, 11) is 0. The van der Waals surface area contributed by atoms with E-state index in [4.69, 9.17) is 11.6 Å². The molecule has 3 aromatic rings. The van der Waals surface area contributed by atoms with E-state index in [2.05, 4.69) is 39.6 Å². The Morgan fingerprint density at radius 1 is 1.00 bits per heavy atom. The van der Waals surface area contributed by atoms with Crippen LogP contribution in [-0.4, -0.2) is 39.5 Å². The zero-order valence-corrected chi connectivity index (χ0v) is 21.9. The van der Waals surface area contributed by atoms with Crippen LogP contribution in [0, 0.1) is 0 Å². The monoisotopic (exact) mass is 524 g/mol. The van der Waals surface area contributed by atoms with Crippen LogP contribution in [0.15, 0.2) is 83.9 Å². The molecule has 2 aliphatic carbocycles. The zero-order chi connectivity index (χ0) is 26.1. The van der Waals surface area contributed by atoms with Crippen LogP contribution in [0.4, 0.5) is 0 Å². The maximum Gasteiger partial charge on any atom is 0.258 e. The number of fused-ring (bicyclic) bond motifs is 1. The third kappa shape index (κ3) is 5.42. The largest absolute Gasteiger partial charge is 0.322 e. The average Bonchev–Trinajstić information content (AvgIpc) is 3.68. The number of allylic oxidation sites excluding steroid dienone is 4. The van der Waals surface area contributed by atoms with Gasteiger partial charge in [0.2, 0.25) is 0 Å². The molecule has 2 heterocycles. The number of aromatic nitrogens is 2. The van der Waals surface area contributed by atoms with E-state index in [-0.39, 0.29) is 18.1 Å². The fourth-order valence-corrected chi connectivity index (χ4v) is 5.49. The van der Waals surface area contributed by atoms with Crippen molar-refractivity contribution < 1.29 is 9.59 Å². The first-order valence-electron chi connectivity index (χ1n) is 13.1. The van der Waals surface area contributed by atoms with Gasteiger partial charge in [0.1, 0.15) is 0 Å². The van der Waals surface area contributed by atoms with Gasteiger partial charge in [-0.25, -0.2) is 0 Å². The molecular weight excluding hydrogens is 496 g/mol. The maximum absolute atomic E-state index is 12.9. The molecule has 1 N–H and O–H groups in total. The number of carbonyl (C=O) groups is 2. The van der Waals surface area contributed by atoms with Gasteiger partial charge in [0, 0.05) is 35.5 Å². The molecular formula is C31H29ClN4O2. The van der Waals surface area contributed by atoms with E-state index in [0.29, 0.717) is 28.4 Å². The molecule has 1 fully saturated rings. The number of halogens is 1. The second-order valence-electron chi connectivity index (χ2n) is 10.2. The second kappa shape index (κ2) is 10.6. The molecule has 6 rings (SSSR count). The van der Waals surface area contributed by atoms with Crippen molar-refractivity contribution in [3.8, 4) is 0 Å². The van der Waals surface area contributed by atoms with Crippen molar-refractivity contribution in [2.45, 2.75) is 38.8 Å². The highest BCUT2D eigenvalue weighted by molar-refractivity contribution is 6.30. The molecule has 0 spiro atoms. The predicted molar refractivity (Wildman–Crippen MR) is 149 cm³/mol. The fourth-order valence-electron chi connectivity index (χ4n) is 5.37. The van der Waals surface area contributed by atoms with Crippen LogP contribution in [-0.2, 0) is 24.3 Å². The molecule has 7 heteroatoms. The predicted octanol–water partition coefficient (Wildman–Crippen LogP) is 5.33. The van der Waals surface area contributed by atoms with Gasteiger partial charge in [0.25, 0.3) is 5.91 Å². The number of carbonyl (C=O) groups excluding carboxylic acids is 2. The first-order chi connectivity index (χ1) is 18.5. The van der Waals surface area contributed by atoms with Crippen molar-refractivity contribution in [1.82, 2.24) is 20.0 Å². The molecule has 1 saturated heterocycles. The molecule has 192 valence electrons. The lowest BCUT2D eigenvalue weighted by Gasteiger charge is -2.15. The van der Waals surface area contributed by atoms with Gasteiger partial charge >= 0.3 is 0 Å². The maximum atomic E-state index is 12.9. The van der Waals surface area contributed by atoms with Crippen LogP contribution in [0.1, 0.15) is 51.9 Å². The molecule has 0 saturated carbocycles. The summed E-state index contributed by atoms with van der Waals surface area (Å²) >= 11 is 5.96. The minimum Gasteiger partial charge on any atom is -0.322 e. The van der Waals surface area contributed by atoms with E-state index in [1.54, 1.807) is 23.2 Å². The van der Waals surface area contributed by atoms with Crippen LogP contribution in [0.2, 0.25) is 5.02 Å². The van der Waals surface area contributed by atoms with Crippen molar-refractivity contribution in [3.05, 3.63) is 117 Å². The van der Waals surface area contributed by atoms with E-state index in [9.17, 15) is 9.59 Å². The molecule has 0 radical (unpaired) electrons. The molecule has 0 unspecified atom stereocenters. The molecule has 1 aliphatic heterocycles. The number of rotatable bonds is 7. The van der Waals surface area contributed by atoms with Gasteiger partial charge in [-0.15, -0.1) is 0 Å². The zero-order valence-electron chi connectivity index (χ0n) is 21.1. The van der Waals surface area contributed by atoms with E-state index in [0.717, 1.165) is 24.1 Å². The first kappa shape index (κ1) is 24.6. The smallest absolute Gasteiger partial charge is 0.258 e. The lowest BCUT2D eigenvalue weighted by Crippen LogP contribution is -2.24. The highest BCUT2D eigenvalue weighted by atomic mass is 35.5. The minimum absolute atomic E-state index is 0.0788. The molecule has 0 atom stereocenters. The molecule has 0 bridgehead atoms. The summed E-state index contributed by atoms with van der Waals surface area (Å²) < 4.78 is 1.72. The fraction of sp³-hybridized carbons (Fsp3) is 0.258. The average molecular weight is 525 g/mol. The Morgan fingerprint density at radius 3 is 2.61 bits per heavy atom. The Hall–Kier alpha value is -3.74. The number of amides is 1. The summed E-state index contributed by atoms with van der Waals surface area (Å²) in [6.07, 6.45) is 12.6. The third-order valence-corrected chi connectivity index (χ3v) is 7.64. The van der Waals surface area contributed by atoms with Crippen molar-refractivity contribution in [3.63, 3.8) is 0 Å². The Bertz CT molecular complexity index is 1490. The SMILES string of the molecule is O=C1CC=C(NC(=O)c2cnn(Cc3ccc(Cl)cc3)c2)C=C1C1=Cc2cc(CN3CCCC3)ccc2C1. The van der Waals surface area contributed by atoms with E-state index in [1.807, 2.05) is 30.3 Å². The van der Waals surface area contributed by atoms with Crippen LogP contribution in [0.3, 0.4) is 0 Å². The van der Waals surface area contributed by atoms with Crippen LogP contribution in [0.5, 0.6) is 0 Å². The van der Waals surface area contributed by atoms with Crippen LogP contribution >= 0.6 is 11.6 Å². The number of nitrogens with zero attached hydrogens (tertiary/aromatic N) is 3. The third-order valence-electron chi connectivity index (χ3n) is 7.39. The summed E-state index contributed by atoms with van der Waals surface area (Å²) in [6, 6.07) is 14.2. The van der Waals surface area contributed by atoms with Gasteiger partial charge in [-0.2, -0.15) is 5.10 Å². The van der Waals surface area contributed by atoms with Crippen molar-refractivity contribution in [1.29, 1.82) is 0 Å². The van der Waals surface area contributed by atoms with Gasteiger partial charge in [-0.1, -0.05) is 54.1 Å². The Morgan fingerprint density at radius 2 is 1.79 bits per heavy atom. The number of hydrogen-bond donors (Lipinski definition) is 1. The minimum atomic E-state index is -0.251. The van der Waals surface area contributed by atoms with Crippen molar-refractivity contribution >= 4 is 29.4 Å². The molecule has 6 nitrogen and oxygen atoms in total. The molecule has 38 heavy (non-hydrogen) atoms. The number of Topliss-reactive ketones (excluding diaryl/α,β-unsaturated/α-hetero) is 1. The molecule has 1 amide bonds. The van der Waals surface area contributed by atoms with E-state index < -0.39 is 0 Å². The number of ketones is 1. The summed E-state index contributed by atoms with van der Waals surface area (Å²) in [6.45, 7) is 3.86. The molecule has 3 aliphatic rings. The number of benzene rings is 2.